The second-order valence-corrected chi connectivity index (χ2v) is 6.70. The number of rotatable bonds is 4. The summed E-state index contributed by atoms with van der Waals surface area (Å²) in [4.78, 5) is 33.6. The van der Waals surface area contributed by atoms with Gasteiger partial charge in [0, 0.05) is 40.7 Å². The monoisotopic (exact) mass is 352 g/mol. The highest BCUT2D eigenvalue weighted by atomic mass is 16.1. The van der Waals surface area contributed by atoms with Crippen LogP contribution in [0.25, 0.3) is 10.9 Å². The number of hydrogen-bond donors (Lipinski definition) is 3. The van der Waals surface area contributed by atoms with Crippen LogP contribution in [0.3, 0.4) is 0 Å². The van der Waals surface area contributed by atoms with Gasteiger partial charge < -0.3 is 10.7 Å². The highest BCUT2D eigenvalue weighted by molar-refractivity contribution is 5.96. The van der Waals surface area contributed by atoms with Crippen LogP contribution in [0.4, 0.5) is 0 Å². The van der Waals surface area contributed by atoms with Crippen molar-refractivity contribution >= 4 is 16.8 Å². The number of H-pyrrole nitrogens is 2. The zero-order valence-electron chi connectivity index (χ0n) is 14.2. The first kappa shape index (κ1) is 16.5. The van der Waals surface area contributed by atoms with Crippen LogP contribution in [0.15, 0.2) is 35.4 Å². The number of fused-ring (bicyclic) bond motifs is 1. The number of aromatic amines is 2. The van der Waals surface area contributed by atoms with E-state index in [1.165, 1.54) is 0 Å². The Kier molecular flexibility index (Phi) is 4.26. The van der Waals surface area contributed by atoms with Gasteiger partial charge in [-0.1, -0.05) is 0 Å². The molecule has 1 aromatic carbocycles. The number of aromatic nitrogens is 4. The lowest BCUT2D eigenvalue weighted by Crippen LogP contribution is -2.33. The van der Waals surface area contributed by atoms with Gasteiger partial charge in [-0.3, -0.25) is 19.6 Å². The molecule has 0 spiro atoms. The van der Waals surface area contributed by atoms with E-state index in [4.69, 9.17) is 5.73 Å². The maximum Gasteiger partial charge on any atom is 0.248 e. The molecule has 1 fully saturated rings. The molecule has 1 saturated heterocycles. The molecule has 0 unspecified atom stereocenters. The number of piperidine rings is 1. The first-order chi connectivity index (χ1) is 12.6. The predicted octanol–water partition coefficient (Wildman–Crippen LogP) is 1.12. The van der Waals surface area contributed by atoms with Gasteiger partial charge in [-0.15, -0.1) is 0 Å². The van der Waals surface area contributed by atoms with Crippen molar-refractivity contribution in [3.63, 3.8) is 0 Å². The number of nitrogens with one attached hydrogen (secondary N) is 2. The Morgan fingerprint density at radius 1 is 1.27 bits per heavy atom. The molecule has 1 aliphatic rings. The molecule has 134 valence electrons. The van der Waals surface area contributed by atoms with E-state index in [0.717, 1.165) is 37.4 Å². The molecule has 1 amide bonds. The number of primary amides is 1. The summed E-state index contributed by atoms with van der Waals surface area (Å²) >= 11 is 0. The summed E-state index contributed by atoms with van der Waals surface area (Å²) in [5.74, 6) is 0.829. The zero-order chi connectivity index (χ0) is 18.1. The van der Waals surface area contributed by atoms with E-state index in [0.29, 0.717) is 28.9 Å². The molecule has 4 rings (SSSR count). The molecular formula is C18H20N6O2. The third-order valence-corrected chi connectivity index (χ3v) is 4.97. The van der Waals surface area contributed by atoms with Gasteiger partial charge in [0.25, 0.3) is 0 Å². The highest BCUT2D eigenvalue weighted by Gasteiger charge is 2.22. The molecule has 0 radical (unpaired) electrons. The highest BCUT2D eigenvalue weighted by Crippen LogP contribution is 2.25. The average Bonchev–Trinajstić information content (AvgIpc) is 3.17. The fourth-order valence-electron chi connectivity index (χ4n) is 3.56. The van der Waals surface area contributed by atoms with E-state index >= 15 is 0 Å². The third kappa shape index (κ3) is 3.23. The van der Waals surface area contributed by atoms with Crippen LogP contribution in [0.2, 0.25) is 0 Å². The Labute approximate surface area is 149 Å². The maximum absolute atomic E-state index is 12.4. The molecule has 1 aliphatic heterocycles. The number of carbonyl (C=O) groups excluding carboxylic acids is 1. The van der Waals surface area contributed by atoms with Crippen LogP contribution >= 0.6 is 0 Å². The van der Waals surface area contributed by atoms with Crippen LogP contribution in [0.1, 0.15) is 40.6 Å². The fourth-order valence-corrected chi connectivity index (χ4v) is 3.56. The number of nitrogens with zero attached hydrogens (tertiary/aromatic N) is 3. The first-order valence-corrected chi connectivity index (χ1v) is 8.63. The SMILES string of the molecule is NC(=O)c1ccc2[nH]c(CN3CCC(c4ncn[nH]4)CC3)cc(=O)c2c1. The fraction of sp³-hybridized carbons (Fsp3) is 0.333. The van der Waals surface area contributed by atoms with Crippen molar-refractivity contribution in [3.05, 3.63) is 57.9 Å². The molecule has 3 aromatic rings. The van der Waals surface area contributed by atoms with Crippen molar-refractivity contribution < 1.29 is 4.79 Å². The van der Waals surface area contributed by atoms with E-state index in [1.807, 2.05) is 0 Å². The molecule has 3 heterocycles. The van der Waals surface area contributed by atoms with Crippen LogP contribution in [0, 0.1) is 0 Å². The molecule has 8 nitrogen and oxygen atoms in total. The van der Waals surface area contributed by atoms with Gasteiger partial charge in [0.2, 0.25) is 5.91 Å². The zero-order valence-corrected chi connectivity index (χ0v) is 14.2. The molecule has 0 saturated carbocycles. The summed E-state index contributed by atoms with van der Waals surface area (Å²) in [5, 5.41) is 7.35. The minimum Gasteiger partial charge on any atom is -0.366 e. The number of amides is 1. The Morgan fingerprint density at radius 2 is 2.08 bits per heavy atom. The normalized spacial score (nSPS) is 16.2. The third-order valence-electron chi connectivity index (χ3n) is 4.97. The smallest absolute Gasteiger partial charge is 0.248 e. The second kappa shape index (κ2) is 6.72. The summed E-state index contributed by atoms with van der Waals surface area (Å²) in [6, 6.07) is 6.52. The topological polar surface area (TPSA) is 121 Å². The quantitative estimate of drug-likeness (QED) is 0.650. The summed E-state index contributed by atoms with van der Waals surface area (Å²) in [6.07, 6.45) is 3.56. The predicted molar refractivity (Wildman–Crippen MR) is 96.7 cm³/mol. The minimum atomic E-state index is -0.537. The lowest BCUT2D eigenvalue weighted by molar-refractivity contribution is 0.100. The first-order valence-electron chi connectivity index (χ1n) is 8.63. The number of nitrogens with two attached hydrogens (primary N) is 1. The van der Waals surface area contributed by atoms with Crippen molar-refractivity contribution in [3.8, 4) is 0 Å². The summed E-state index contributed by atoms with van der Waals surface area (Å²) < 4.78 is 0. The van der Waals surface area contributed by atoms with Crippen molar-refractivity contribution in [1.82, 2.24) is 25.1 Å². The molecule has 0 aliphatic carbocycles. The van der Waals surface area contributed by atoms with Gasteiger partial charge >= 0.3 is 0 Å². The average molecular weight is 352 g/mol. The molecule has 0 atom stereocenters. The summed E-state index contributed by atoms with van der Waals surface area (Å²) in [5.41, 5.74) is 7.11. The van der Waals surface area contributed by atoms with Crippen LogP contribution in [-0.2, 0) is 6.54 Å². The Bertz CT molecular complexity index is 987. The summed E-state index contributed by atoms with van der Waals surface area (Å²) in [7, 11) is 0. The van der Waals surface area contributed by atoms with E-state index in [9.17, 15) is 9.59 Å². The molecule has 2 aromatic heterocycles. The molecule has 8 heteroatoms. The van der Waals surface area contributed by atoms with Crippen molar-refractivity contribution in [2.24, 2.45) is 5.73 Å². The Balaban J connectivity index is 1.49. The number of benzene rings is 1. The van der Waals surface area contributed by atoms with Gasteiger partial charge in [0.05, 0.1) is 0 Å². The largest absolute Gasteiger partial charge is 0.366 e. The lowest BCUT2D eigenvalue weighted by Gasteiger charge is -2.30. The van der Waals surface area contributed by atoms with Gasteiger partial charge in [-0.25, -0.2) is 4.98 Å². The standard InChI is InChI=1S/C18H20N6O2/c19-17(26)12-1-2-15-14(7-12)16(25)8-13(22-15)9-24-5-3-11(4-6-24)18-20-10-21-23-18/h1-2,7-8,10-11H,3-6,9H2,(H2,19,26)(H,22,25)(H,20,21,23). The van der Waals surface area contributed by atoms with Crippen molar-refractivity contribution in [2.45, 2.75) is 25.3 Å². The maximum atomic E-state index is 12.4. The van der Waals surface area contributed by atoms with Crippen LogP contribution < -0.4 is 11.2 Å². The number of pyridine rings is 1. The number of carbonyl (C=O) groups is 1. The van der Waals surface area contributed by atoms with Gasteiger partial charge in [0.1, 0.15) is 12.2 Å². The Morgan fingerprint density at radius 3 is 2.77 bits per heavy atom. The van der Waals surface area contributed by atoms with Crippen molar-refractivity contribution in [2.75, 3.05) is 13.1 Å². The molecule has 0 bridgehead atoms. The second-order valence-electron chi connectivity index (χ2n) is 6.70. The van der Waals surface area contributed by atoms with E-state index in [-0.39, 0.29) is 5.43 Å². The molecule has 26 heavy (non-hydrogen) atoms. The molecular weight excluding hydrogens is 332 g/mol. The van der Waals surface area contributed by atoms with Crippen LogP contribution in [-0.4, -0.2) is 44.1 Å². The van der Waals surface area contributed by atoms with E-state index in [1.54, 1.807) is 30.6 Å². The van der Waals surface area contributed by atoms with Crippen molar-refractivity contribution in [1.29, 1.82) is 0 Å². The number of hydrogen-bond acceptors (Lipinski definition) is 5. The Hall–Kier alpha value is -3.00. The number of likely N-dealkylation sites (tertiary alicyclic amines) is 1. The minimum absolute atomic E-state index is 0.103. The van der Waals surface area contributed by atoms with Gasteiger partial charge in [-0.2, -0.15) is 5.10 Å². The summed E-state index contributed by atoms with van der Waals surface area (Å²) in [6.45, 7) is 2.56. The van der Waals surface area contributed by atoms with Gasteiger partial charge in [0.15, 0.2) is 5.43 Å². The van der Waals surface area contributed by atoms with E-state index in [2.05, 4.69) is 25.1 Å². The lowest BCUT2D eigenvalue weighted by atomic mass is 9.96. The van der Waals surface area contributed by atoms with Crippen LogP contribution in [0.5, 0.6) is 0 Å². The molecule has 4 N–H and O–H groups in total. The van der Waals surface area contributed by atoms with E-state index < -0.39 is 5.91 Å². The van der Waals surface area contributed by atoms with Gasteiger partial charge in [-0.05, 0) is 44.1 Å².